The molecule has 26 heavy (non-hydrogen) atoms. The summed E-state index contributed by atoms with van der Waals surface area (Å²) in [6.07, 6.45) is 6.49. The van der Waals surface area contributed by atoms with Crippen LogP contribution in [0.25, 0.3) is 21.5 Å². The molecule has 0 saturated carbocycles. The molecule has 0 N–H and O–H groups in total. The zero-order valence-electron chi connectivity index (χ0n) is 15.4. The van der Waals surface area contributed by atoms with Crippen molar-refractivity contribution >= 4 is 39.0 Å². The van der Waals surface area contributed by atoms with E-state index in [1.807, 2.05) is 23.1 Å². The number of anilines is 1. The Balaban J connectivity index is 1.76. The van der Waals surface area contributed by atoms with Gasteiger partial charge in [0.2, 0.25) is 0 Å². The highest BCUT2D eigenvalue weighted by atomic mass is 32.2. The predicted octanol–water partition coefficient (Wildman–Crippen LogP) is 6.85. The van der Waals surface area contributed by atoms with Gasteiger partial charge in [-0.05, 0) is 43.6 Å². The third-order valence-electron chi connectivity index (χ3n) is 4.97. The lowest BCUT2D eigenvalue weighted by atomic mass is 10.1. The monoisotopic (exact) mass is 382 g/mol. The van der Waals surface area contributed by atoms with E-state index in [0.29, 0.717) is 0 Å². The molecule has 1 saturated heterocycles. The molecule has 0 radical (unpaired) electrons. The van der Waals surface area contributed by atoms with Crippen molar-refractivity contribution in [1.29, 1.82) is 0 Å². The second-order valence-electron chi connectivity index (χ2n) is 6.93. The molecule has 0 amide bonds. The number of unbranched alkanes of at least 4 members (excludes halogenated alkanes) is 1. The molecule has 1 fully saturated rings. The lowest BCUT2D eigenvalue weighted by molar-refractivity contribution is 0.579. The lowest BCUT2D eigenvalue weighted by Gasteiger charge is -2.29. The van der Waals surface area contributed by atoms with Gasteiger partial charge in [-0.3, -0.25) is 0 Å². The topological polar surface area (TPSA) is 16.1 Å². The van der Waals surface area contributed by atoms with Gasteiger partial charge in [0.25, 0.3) is 0 Å². The Morgan fingerprint density at radius 2 is 1.88 bits per heavy atom. The Labute approximate surface area is 164 Å². The predicted molar refractivity (Wildman–Crippen MR) is 117 cm³/mol. The van der Waals surface area contributed by atoms with Crippen LogP contribution in [0.3, 0.4) is 0 Å². The summed E-state index contributed by atoms with van der Waals surface area (Å²) < 4.78 is 1.41. The quantitative estimate of drug-likeness (QED) is 0.343. The SMILES string of the molecule is CCCCSc1cc2c(N3CCCCC3)cc(-c3ccccc3)nc2s1. The summed E-state index contributed by atoms with van der Waals surface area (Å²) in [4.78, 5) is 8.79. The summed E-state index contributed by atoms with van der Waals surface area (Å²) in [7, 11) is 0. The van der Waals surface area contributed by atoms with Gasteiger partial charge in [0.05, 0.1) is 9.90 Å². The fourth-order valence-electron chi connectivity index (χ4n) is 3.52. The Kier molecular flexibility index (Phi) is 5.81. The molecule has 0 aliphatic carbocycles. The van der Waals surface area contributed by atoms with E-state index < -0.39 is 0 Å². The van der Waals surface area contributed by atoms with Crippen LogP contribution in [-0.4, -0.2) is 23.8 Å². The minimum Gasteiger partial charge on any atom is -0.371 e. The number of pyridine rings is 1. The van der Waals surface area contributed by atoms with Crippen molar-refractivity contribution < 1.29 is 0 Å². The standard InChI is InChI=1S/C22H26N2S2/c1-2-3-14-25-21-15-18-20(24-12-8-5-9-13-24)16-19(23-22(18)26-21)17-10-6-4-7-11-17/h4,6-7,10-11,15-16H,2-3,5,8-9,12-14H2,1H3. The summed E-state index contributed by atoms with van der Waals surface area (Å²) in [5, 5.41) is 1.34. The maximum Gasteiger partial charge on any atom is 0.127 e. The zero-order valence-corrected chi connectivity index (χ0v) is 17.0. The van der Waals surface area contributed by atoms with E-state index in [1.165, 1.54) is 76.6 Å². The van der Waals surface area contributed by atoms with Gasteiger partial charge in [-0.2, -0.15) is 0 Å². The number of fused-ring (bicyclic) bond motifs is 1. The van der Waals surface area contributed by atoms with Crippen molar-refractivity contribution in [2.24, 2.45) is 0 Å². The summed E-state index contributed by atoms with van der Waals surface area (Å²) in [6.45, 7) is 4.59. The van der Waals surface area contributed by atoms with Crippen molar-refractivity contribution in [3.63, 3.8) is 0 Å². The third kappa shape index (κ3) is 3.91. The Morgan fingerprint density at radius 1 is 1.08 bits per heavy atom. The highest BCUT2D eigenvalue weighted by Gasteiger charge is 2.18. The Bertz CT molecular complexity index is 851. The molecule has 2 aromatic heterocycles. The second kappa shape index (κ2) is 8.45. The van der Waals surface area contributed by atoms with Crippen molar-refractivity contribution in [3.8, 4) is 11.3 Å². The summed E-state index contributed by atoms with van der Waals surface area (Å²) >= 11 is 3.85. The van der Waals surface area contributed by atoms with E-state index in [-0.39, 0.29) is 0 Å². The van der Waals surface area contributed by atoms with E-state index in [1.54, 1.807) is 0 Å². The highest BCUT2D eigenvalue weighted by molar-refractivity contribution is 8.01. The Hall–Kier alpha value is -1.52. The van der Waals surface area contributed by atoms with Gasteiger partial charge in [-0.15, -0.1) is 23.1 Å². The number of hydrogen-bond donors (Lipinski definition) is 0. The molecule has 0 spiro atoms. The fourth-order valence-corrected chi connectivity index (χ4v) is 5.86. The van der Waals surface area contributed by atoms with Gasteiger partial charge in [0.1, 0.15) is 4.83 Å². The van der Waals surface area contributed by atoms with Crippen molar-refractivity contribution in [3.05, 3.63) is 42.5 Å². The number of thioether (sulfide) groups is 1. The number of rotatable bonds is 6. The van der Waals surface area contributed by atoms with Gasteiger partial charge in [0, 0.05) is 29.7 Å². The third-order valence-corrected chi connectivity index (χ3v) is 7.29. The van der Waals surface area contributed by atoms with Gasteiger partial charge in [-0.25, -0.2) is 4.98 Å². The molecule has 3 heterocycles. The summed E-state index contributed by atoms with van der Waals surface area (Å²) in [6, 6.07) is 15.3. The first kappa shape index (κ1) is 17.9. The van der Waals surface area contributed by atoms with Gasteiger partial charge < -0.3 is 4.90 Å². The largest absolute Gasteiger partial charge is 0.371 e. The van der Waals surface area contributed by atoms with E-state index in [4.69, 9.17) is 4.98 Å². The average Bonchev–Trinajstić information content (AvgIpc) is 3.11. The van der Waals surface area contributed by atoms with Crippen molar-refractivity contribution in [1.82, 2.24) is 4.98 Å². The van der Waals surface area contributed by atoms with Crippen LogP contribution in [0.15, 0.2) is 46.7 Å². The van der Waals surface area contributed by atoms with Crippen LogP contribution in [-0.2, 0) is 0 Å². The fraction of sp³-hybridized carbons (Fsp3) is 0.409. The van der Waals surface area contributed by atoms with Gasteiger partial charge >= 0.3 is 0 Å². The molecule has 0 unspecified atom stereocenters. The van der Waals surface area contributed by atoms with Crippen LogP contribution in [0.2, 0.25) is 0 Å². The highest BCUT2D eigenvalue weighted by Crippen LogP contribution is 2.40. The number of aromatic nitrogens is 1. The van der Waals surface area contributed by atoms with E-state index in [0.717, 1.165) is 5.69 Å². The molecular weight excluding hydrogens is 356 g/mol. The molecule has 2 nitrogen and oxygen atoms in total. The van der Waals surface area contributed by atoms with Crippen LogP contribution in [0, 0.1) is 0 Å². The van der Waals surface area contributed by atoms with Crippen molar-refractivity contribution in [2.45, 2.75) is 43.2 Å². The first-order valence-electron chi connectivity index (χ1n) is 9.73. The number of nitrogens with zero attached hydrogens (tertiary/aromatic N) is 2. The molecule has 1 aliphatic rings. The smallest absolute Gasteiger partial charge is 0.127 e. The number of benzene rings is 1. The number of piperidine rings is 1. The molecule has 4 rings (SSSR count). The second-order valence-corrected chi connectivity index (χ2v) is 9.35. The lowest BCUT2D eigenvalue weighted by Crippen LogP contribution is -2.29. The molecule has 0 bridgehead atoms. The van der Waals surface area contributed by atoms with E-state index in [9.17, 15) is 0 Å². The minimum atomic E-state index is 1.10. The summed E-state index contributed by atoms with van der Waals surface area (Å²) in [5.41, 5.74) is 3.69. The molecule has 1 aromatic carbocycles. The maximum atomic E-state index is 5.03. The van der Waals surface area contributed by atoms with E-state index in [2.05, 4.69) is 54.3 Å². The van der Waals surface area contributed by atoms with Gasteiger partial charge in [-0.1, -0.05) is 43.7 Å². The number of hydrogen-bond acceptors (Lipinski definition) is 4. The van der Waals surface area contributed by atoms with Gasteiger partial charge in [0.15, 0.2) is 0 Å². The first-order chi connectivity index (χ1) is 12.8. The molecule has 0 atom stereocenters. The van der Waals surface area contributed by atoms with Crippen LogP contribution < -0.4 is 4.90 Å². The normalized spacial score (nSPS) is 14.9. The minimum absolute atomic E-state index is 1.10. The summed E-state index contributed by atoms with van der Waals surface area (Å²) in [5.74, 6) is 1.20. The van der Waals surface area contributed by atoms with E-state index >= 15 is 0 Å². The first-order valence-corrected chi connectivity index (χ1v) is 11.5. The maximum absolute atomic E-state index is 5.03. The van der Waals surface area contributed by atoms with Crippen LogP contribution in [0.5, 0.6) is 0 Å². The molecule has 4 heteroatoms. The van der Waals surface area contributed by atoms with Crippen LogP contribution in [0.4, 0.5) is 5.69 Å². The average molecular weight is 383 g/mol. The van der Waals surface area contributed by atoms with Crippen molar-refractivity contribution in [2.75, 3.05) is 23.7 Å². The molecular formula is C22H26N2S2. The number of thiophene rings is 1. The Morgan fingerprint density at radius 3 is 2.65 bits per heavy atom. The molecule has 1 aliphatic heterocycles. The van der Waals surface area contributed by atoms with Crippen LogP contribution in [0.1, 0.15) is 39.0 Å². The van der Waals surface area contributed by atoms with Crippen LogP contribution >= 0.6 is 23.1 Å². The molecule has 3 aromatic rings. The zero-order chi connectivity index (χ0) is 17.8. The molecule has 136 valence electrons.